The van der Waals surface area contributed by atoms with Crippen LogP contribution >= 0.6 is 0 Å². The molecule has 2 rings (SSSR count). The fraction of sp³-hybridized carbons (Fsp3) is 0.500. The molecule has 0 radical (unpaired) electrons. The lowest BCUT2D eigenvalue weighted by Crippen LogP contribution is -2.49. The van der Waals surface area contributed by atoms with Crippen LogP contribution in [0.15, 0.2) is 24.3 Å². The average molecular weight is 214 g/mol. The Labute approximate surface area is 97.3 Å². The zero-order valence-electron chi connectivity index (χ0n) is 9.79. The number of nitriles is 1. The Kier molecular flexibility index (Phi) is 3.26. The molecule has 84 valence electrons. The number of benzene rings is 1. The minimum Gasteiger partial charge on any atom is -0.307 e. The summed E-state index contributed by atoms with van der Waals surface area (Å²) in [6.07, 6.45) is 5.07. The molecule has 0 aliphatic heterocycles. The number of rotatable bonds is 4. The summed E-state index contributed by atoms with van der Waals surface area (Å²) < 4.78 is 0. The van der Waals surface area contributed by atoms with Crippen molar-refractivity contribution < 1.29 is 0 Å². The highest BCUT2D eigenvalue weighted by Crippen LogP contribution is 2.34. The van der Waals surface area contributed by atoms with Crippen LogP contribution in [0.3, 0.4) is 0 Å². The molecule has 1 N–H and O–H groups in total. The smallest absolute Gasteiger partial charge is 0.0995 e. The Morgan fingerprint density at radius 1 is 1.38 bits per heavy atom. The molecule has 0 atom stereocenters. The van der Waals surface area contributed by atoms with Crippen molar-refractivity contribution in [2.24, 2.45) is 0 Å². The van der Waals surface area contributed by atoms with Crippen LogP contribution in [0.1, 0.15) is 43.7 Å². The molecule has 1 aromatic rings. The molecule has 1 aliphatic carbocycles. The number of nitrogens with one attached hydrogen (secondary N) is 1. The monoisotopic (exact) mass is 214 g/mol. The van der Waals surface area contributed by atoms with Gasteiger partial charge < -0.3 is 5.32 Å². The maximum absolute atomic E-state index is 9.00. The first-order chi connectivity index (χ1) is 7.79. The van der Waals surface area contributed by atoms with Gasteiger partial charge in [-0.2, -0.15) is 5.26 Å². The molecule has 16 heavy (non-hydrogen) atoms. The highest BCUT2D eigenvalue weighted by atomic mass is 15.0. The molecule has 1 saturated carbocycles. The van der Waals surface area contributed by atoms with E-state index < -0.39 is 0 Å². The van der Waals surface area contributed by atoms with Crippen molar-refractivity contribution in [2.45, 2.75) is 44.7 Å². The quantitative estimate of drug-likeness (QED) is 0.836. The topological polar surface area (TPSA) is 35.8 Å². The molecule has 0 aromatic heterocycles. The van der Waals surface area contributed by atoms with Gasteiger partial charge in [-0.05, 0) is 37.3 Å². The van der Waals surface area contributed by atoms with Crippen LogP contribution in [-0.4, -0.2) is 5.54 Å². The van der Waals surface area contributed by atoms with E-state index >= 15 is 0 Å². The van der Waals surface area contributed by atoms with Crippen molar-refractivity contribution in [2.75, 3.05) is 0 Å². The van der Waals surface area contributed by atoms with E-state index in [1.807, 2.05) is 24.3 Å². The fourth-order valence-corrected chi connectivity index (χ4v) is 2.33. The summed E-state index contributed by atoms with van der Waals surface area (Å²) in [5.41, 5.74) is 2.26. The summed E-state index contributed by atoms with van der Waals surface area (Å²) in [5.74, 6) is 0. The number of nitrogens with zero attached hydrogens (tertiary/aromatic N) is 1. The minimum absolute atomic E-state index is 0.350. The van der Waals surface area contributed by atoms with Gasteiger partial charge in [0, 0.05) is 12.1 Å². The van der Waals surface area contributed by atoms with E-state index in [9.17, 15) is 0 Å². The van der Waals surface area contributed by atoms with Gasteiger partial charge in [-0.25, -0.2) is 0 Å². The van der Waals surface area contributed by atoms with Crippen molar-refractivity contribution in [3.8, 4) is 6.07 Å². The maximum Gasteiger partial charge on any atom is 0.0995 e. The summed E-state index contributed by atoms with van der Waals surface area (Å²) in [4.78, 5) is 0. The first-order valence-electron chi connectivity index (χ1n) is 6.03. The third-order valence-electron chi connectivity index (χ3n) is 3.78. The van der Waals surface area contributed by atoms with Gasteiger partial charge in [0.15, 0.2) is 0 Å². The van der Waals surface area contributed by atoms with Crippen molar-refractivity contribution in [1.29, 1.82) is 5.26 Å². The largest absolute Gasteiger partial charge is 0.307 e. The van der Waals surface area contributed by atoms with E-state index in [1.165, 1.54) is 25.7 Å². The van der Waals surface area contributed by atoms with Gasteiger partial charge in [0.1, 0.15) is 0 Å². The van der Waals surface area contributed by atoms with E-state index in [-0.39, 0.29) is 0 Å². The van der Waals surface area contributed by atoms with Crippen LogP contribution in [0.5, 0.6) is 0 Å². The van der Waals surface area contributed by atoms with Crippen molar-refractivity contribution in [1.82, 2.24) is 5.32 Å². The summed E-state index contributed by atoms with van der Waals surface area (Å²) in [7, 11) is 0. The van der Waals surface area contributed by atoms with Crippen LogP contribution in [0.4, 0.5) is 0 Å². The predicted molar refractivity (Wildman–Crippen MR) is 64.9 cm³/mol. The normalized spacial score (nSPS) is 17.5. The molecule has 0 amide bonds. The molecule has 2 nitrogen and oxygen atoms in total. The zero-order valence-corrected chi connectivity index (χ0v) is 9.79. The second-order valence-electron chi connectivity index (χ2n) is 4.61. The standard InChI is InChI=1S/C14H18N2/c1-2-14(8-5-9-14)16-11-13-7-4-3-6-12(13)10-15/h3-4,6-7,16H,2,5,8-9,11H2,1H3. The van der Waals surface area contributed by atoms with E-state index in [0.717, 1.165) is 17.7 Å². The third kappa shape index (κ3) is 2.10. The van der Waals surface area contributed by atoms with Gasteiger partial charge >= 0.3 is 0 Å². The van der Waals surface area contributed by atoms with Gasteiger partial charge in [0.2, 0.25) is 0 Å². The first-order valence-corrected chi connectivity index (χ1v) is 6.03. The zero-order chi connectivity index (χ0) is 11.4. The lowest BCUT2D eigenvalue weighted by atomic mass is 9.75. The average Bonchev–Trinajstić information content (AvgIpc) is 2.29. The summed E-state index contributed by atoms with van der Waals surface area (Å²) >= 11 is 0. The lowest BCUT2D eigenvalue weighted by Gasteiger charge is -2.42. The van der Waals surface area contributed by atoms with Gasteiger partial charge in [-0.15, -0.1) is 0 Å². The summed E-state index contributed by atoms with van der Waals surface area (Å²) in [6.45, 7) is 3.06. The molecule has 1 aliphatic rings. The van der Waals surface area contributed by atoms with E-state index in [4.69, 9.17) is 5.26 Å². The Hall–Kier alpha value is -1.33. The van der Waals surface area contributed by atoms with Crippen LogP contribution in [-0.2, 0) is 6.54 Å². The fourth-order valence-electron chi connectivity index (χ4n) is 2.33. The molecule has 0 heterocycles. The number of hydrogen-bond acceptors (Lipinski definition) is 2. The van der Waals surface area contributed by atoms with Gasteiger partial charge in [0.25, 0.3) is 0 Å². The molecule has 0 saturated heterocycles. The molecular weight excluding hydrogens is 196 g/mol. The highest BCUT2D eigenvalue weighted by Gasteiger charge is 2.34. The molecule has 0 unspecified atom stereocenters. The Morgan fingerprint density at radius 3 is 2.69 bits per heavy atom. The Bertz CT molecular complexity index is 394. The van der Waals surface area contributed by atoms with Crippen molar-refractivity contribution in [3.05, 3.63) is 35.4 Å². The molecule has 1 aromatic carbocycles. The van der Waals surface area contributed by atoms with Gasteiger partial charge in [0.05, 0.1) is 11.6 Å². The molecular formula is C14H18N2. The number of hydrogen-bond donors (Lipinski definition) is 1. The molecule has 2 heteroatoms. The van der Waals surface area contributed by atoms with Gasteiger partial charge in [-0.1, -0.05) is 25.1 Å². The third-order valence-corrected chi connectivity index (χ3v) is 3.78. The van der Waals surface area contributed by atoms with E-state index in [1.54, 1.807) is 0 Å². The molecule has 0 bridgehead atoms. The van der Waals surface area contributed by atoms with Gasteiger partial charge in [-0.3, -0.25) is 0 Å². The summed E-state index contributed by atoms with van der Waals surface area (Å²) in [6, 6.07) is 10.1. The summed E-state index contributed by atoms with van der Waals surface area (Å²) in [5, 5.41) is 12.6. The van der Waals surface area contributed by atoms with Crippen LogP contribution in [0.25, 0.3) is 0 Å². The Balaban J connectivity index is 2.02. The first kappa shape index (κ1) is 11.2. The SMILES string of the molecule is CCC1(NCc2ccccc2C#N)CCC1. The lowest BCUT2D eigenvalue weighted by molar-refractivity contribution is 0.175. The van der Waals surface area contributed by atoms with Crippen LogP contribution < -0.4 is 5.32 Å². The second kappa shape index (κ2) is 4.67. The Morgan fingerprint density at radius 2 is 2.12 bits per heavy atom. The van der Waals surface area contributed by atoms with Crippen molar-refractivity contribution >= 4 is 0 Å². The minimum atomic E-state index is 0.350. The molecule has 0 spiro atoms. The van der Waals surface area contributed by atoms with E-state index in [2.05, 4.69) is 18.3 Å². The van der Waals surface area contributed by atoms with Crippen molar-refractivity contribution in [3.63, 3.8) is 0 Å². The van der Waals surface area contributed by atoms with Crippen LogP contribution in [0, 0.1) is 11.3 Å². The maximum atomic E-state index is 9.00. The van der Waals surface area contributed by atoms with E-state index in [0.29, 0.717) is 5.54 Å². The predicted octanol–water partition coefficient (Wildman–Crippen LogP) is 2.98. The molecule has 1 fully saturated rings. The second-order valence-corrected chi connectivity index (χ2v) is 4.61. The van der Waals surface area contributed by atoms with Crippen LogP contribution in [0.2, 0.25) is 0 Å². The highest BCUT2D eigenvalue weighted by molar-refractivity contribution is 5.37.